The lowest BCUT2D eigenvalue weighted by molar-refractivity contribution is 0.0726. The molecule has 6 rings (SSSR count). The van der Waals surface area contributed by atoms with Crippen molar-refractivity contribution in [2.75, 3.05) is 33.0 Å². The van der Waals surface area contributed by atoms with Gasteiger partial charge in [0.25, 0.3) is 0 Å². The number of morpholine rings is 1. The zero-order valence-electron chi connectivity index (χ0n) is 18.1. The number of ether oxygens (including phenoxy) is 2. The molecule has 2 saturated heterocycles. The smallest absolute Gasteiger partial charge is 0.137 e. The average molecular weight is 419 g/mol. The van der Waals surface area contributed by atoms with Gasteiger partial charge in [-0.1, -0.05) is 0 Å². The van der Waals surface area contributed by atoms with E-state index >= 15 is 0 Å². The molecule has 2 aliphatic heterocycles. The molecule has 0 radical (unpaired) electrons. The van der Waals surface area contributed by atoms with Gasteiger partial charge in [-0.25, -0.2) is 4.98 Å². The fourth-order valence-corrected chi connectivity index (χ4v) is 5.19. The second kappa shape index (κ2) is 8.01. The van der Waals surface area contributed by atoms with E-state index in [2.05, 4.69) is 34.3 Å². The number of hydrogen-bond donors (Lipinski definition) is 2. The number of rotatable bonds is 4. The van der Waals surface area contributed by atoms with Gasteiger partial charge in [-0.15, -0.1) is 0 Å². The minimum Gasteiger partial charge on any atom is -0.381 e. The van der Waals surface area contributed by atoms with Gasteiger partial charge in [0.05, 0.1) is 30.6 Å². The number of aryl methyl sites for hydroxylation is 1. The highest BCUT2D eigenvalue weighted by Gasteiger charge is 2.34. The maximum Gasteiger partial charge on any atom is 0.137 e. The molecule has 0 amide bonds. The molecule has 3 aromatic rings. The number of aromatic amines is 1. The Kier molecular flexibility index (Phi) is 5.01. The Bertz CT molecular complexity index is 1090. The van der Waals surface area contributed by atoms with Crippen molar-refractivity contribution in [3.05, 3.63) is 46.9 Å². The van der Waals surface area contributed by atoms with Crippen LogP contribution in [0.4, 0.5) is 0 Å². The van der Waals surface area contributed by atoms with E-state index in [1.807, 2.05) is 12.4 Å². The third kappa shape index (κ3) is 3.67. The molecule has 0 aromatic carbocycles. The van der Waals surface area contributed by atoms with Crippen LogP contribution in [0.25, 0.3) is 22.3 Å². The third-order valence-electron chi connectivity index (χ3n) is 7.05. The van der Waals surface area contributed by atoms with Crippen molar-refractivity contribution >= 4 is 11.0 Å². The summed E-state index contributed by atoms with van der Waals surface area (Å²) in [5.74, 6) is 1.19. The van der Waals surface area contributed by atoms with E-state index in [1.165, 1.54) is 40.6 Å². The summed E-state index contributed by atoms with van der Waals surface area (Å²) in [6.45, 7) is 6.14. The molecule has 162 valence electrons. The Morgan fingerprint density at radius 2 is 1.87 bits per heavy atom. The van der Waals surface area contributed by atoms with Gasteiger partial charge in [-0.2, -0.15) is 0 Å². The third-order valence-corrected chi connectivity index (χ3v) is 7.05. The topological polar surface area (TPSA) is 72.1 Å². The lowest BCUT2D eigenvalue weighted by Gasteiger charge is -2.32. The molecule has 1 unspecified atom stereocenters. The number of nitrogens with zero attached hydrogens (tertiary/aromatic N) is 2. The number of H-pyrrole nitrogens is 1. The molecular formula is C25H30N4O2. The fraction of sp³-hybridized carbons (Fsp3) is 0.520. The Morgan fingerprint density at radius 3 is 2.65 bits per heavy atom. The highest BCUT2D eigenvalue weighted by molar-refractivity contribution is 5.84. The van der Waals surface area contributed by atoms with Crippen molar-refractivity contribution in [3.63, 3.8) is 0 Å². The predicted octanol–water partition coefficient (Wildman–Crippen LogP) is 4.37. The van der Waals surface area contributed by atoms with Crippen LogP contribution in [-0.2, 0) is 9.47 Å². The molecular weight excluding hydrogens is 388 g/mol. The monoisotopic (exact) mass is 418 g/mol. The van der Waals surface area contributed by atoms with Crippen LogP contribution in [-0.4, -0.2) is 47.9 Å². The molecule has 31 heavy (non-hydrogen) atoms. The Hall–Kier alpha value is -2.28. The van der Waals surface area contributed by atoms with Gasteiger partial charge in [0.15, 0.2) is 0 Å². The first-order chi connectivity index (χ1) is 15.3. The fourth-order valence-electron chi connectivity index (χ4n) is 5.19. The largest absolute Gasteiger partial charge is 0.381 e. The highest BCUT2D eigenvalue weighted by Crippen LogP contribution is 2.47. The van der Waals surface area contributed by atoms with Gasteiger partial charge < -0.3 is 19.8 Å². The van der Waals surface area contributed by atoms with Gasteiger partial charge in [0, 0.05) is 43.1 Å². The SMILES string of the molecule is Cc1c[nH]c2ncc(-c3cc(C4CC4)c(C4CCOCC4)c(C4COCCN4)n3)cc12. The summed E-state index contributed by atoms with van der Waals surface area (Å²) in [6.07, 6.45) is 8.70. The Labute approximate surface area is 182 Å². The van der Waals surface area contributed by atoms with Crippen molar-refractivity contribution in [3.8, 4) is 11.3 Å². The molecule has 5 heterocycles. The molecule has 6 nitrogen and oxygen atoms in total. The molecule has 6 heteroatoms. The van der Waals surface area contributed by atoms with Gasteiger partial charge in [0.1, 0.15) is 5.65 Å². The van der Waals surface area contributed by atoms with Crippen LogP contribution in [0.1, 0.15) is 65.9 Å². The number of pyridine rings is 2. The van der Waals surface area contributed by atoms with E-state index in [-0.39, 0.29) is 6.04 Å². The summed E-state index contributed by atoms with van der Waals surface area (Å²) < 4.78 is 11.5. The maximum absolute atomic E-state index is 5.86. The van der Waals surface area contributed by atoms with Gasteiger partial charge in [-0.05, 0) is 73.3 Å². The standard InChI is InChI=1S/C25H30N4O2/c1-15-12-27-25-19(15)10-18(13-28-25)21-11-20(16-2-3-16)23(17-4-7-30-8-5-17)24(29-21)22-14-31-9-6-26-22/h10-13,16-17,22,26H,2-9,14H2,1H3,(H,27,28). The minimum absolute atomic E-state index is 0.148. The van der Waals surface area contributed by atoms with E-state index < -0.39 is 0 Å². The van der Waals surface area contributed by atoms with Crippen molar-refractivity contribution < 1.29 is 9.47 Å². The molecule has 0 bridgehead atoms. The van der Waals surface area contributed by atoms with Crippen LogP contribution >= 0.6 is 0 Å². The summed E-state index contributed by atoms with van der Waals surface area (Å²) in [7, 11) is 0. The van der Waals surface area contributed by atoms with Crippen LogP contribution in [0.15, 0.2) is 24.5 Å². The summed E-state index contributed by atoms with van der Waals surface area (Å²) >= 11 is 0. The minimum atomic E-state index is 0.148. The average Bonchev–Trinajstić information content (AvgIpc) is 3.62. The summed E-state index contributed by atoms with van der Waals surface area (Å²) in [4.78, 5) is 13.2. The second-order valence-corrected chi connectivity index (χ2v) is 9.23. The van der Waals surface area contributed by atoms with Crippen molar-refractivity contribution in [2.24, 2.45) is 0 Å². The summed E-state index contributed by atoms with van der Waals surface area (Å²) in [6, 6.07) is 4.74. The predicted molar refractivity (Wildman–Crippen MR) is 120 cm³/mol. The van der Waals surface area contributed by atoms with Crippen molar-refractivity contribution in [2.45, 2.75) is 50.5 Å². The molecule has 0 spiro atoms. The normalized spacial score (nSPS) is 22.8. The first-order valence-electron chi connectivity index (χ1n) is 11.7. The van der Waals surface area contributed by atoms with Crippen molar-refractivity contribution in [1.29, 1.82) is 0 Å². The second-order valence-electron chi connectivity index (χ2n) is 9.23. The Morgan fingerprint density at radius 1 is 1.00 bits per heavy atom. The van der Waals surface area contributed by atoms with Gasteiger partial charge in [-0.3, -0.25) is 4.98 Å². The summed E-state index contributed by atoms with van der Waals surface area (Å²) in [5.41, 5.74) is 8.45. The molecule has 3 aromatic heterocycles. The first-order valence-corrected chi connectivity index (χ1v) is 11.7. The zero-order valence-corrected chi connectivity index (χ0v) is 18.1. The van der Waals surface area contributed by atoms with Crippen LogP contribution in [0.3, 0.4) is 0 Å². The number of fused-ring (bicyclic) bond motifs is 1. The lowest BCUT2D eigenvalue weighted by Crippen LogP contribution is -2.36. The van der Waals surface area contributed by atoms with Crippen LogP contribution in [0.5, 0.6) is 0 Å². The number of aromatic nitrogens is 3. The van der Waals surface area contributed by atoms with E-state index in [9.17, 15) is 0 Å². The van der Waals surface area contributed by atoms with Gasteiger partial charge in [0.2, 0.25) is 0 Å². The number of hydrogen-bond acceptors (Lipinski definition) is 5. The zero-order chi connectivity index (χ0) is 20.8. The van der Waals surface area contributed by atoms with E-state index in [1.54, 1.807) is 0 Å². The van der Waals surface area contributed by atoms with E-state index in [4.69, 9.17) is 14.5 Å². The molecule has 3 aliphatic rings. The molecule has 3 fully saturated rings. The first kappa shape index (κ1) is 19.4. The molecule has 1 aliphatic carbocycles. The van der Waals surface area contributed by atoms with Crippen LogP contribution < -0.4 is 5.32 Å². The quantitative estimate of drug-likeness (QED) is 0.658. The highest BCUT2D eigenvalue weighted by atomic mass is 16.5. The molecule has 1 atom stereocenters. The number of nitrogens with one attached hydrogen (secondary N) is 2. The van der Waals surface area contributed by atoms with Crippen molar-refractivity contribution in [1.82, 2.24) is 20.3 Å². The van der Waals surface area contributed by atoms with Crippen LogP contribution in [0.2, 0.25) is 0 Å². The molecule has 1 saturated carbocycles. The lowest BCUT2D eigenvalue weighted by atomic mass is 9.83. The van der Waals surface area contributed by atoms with E-state index in [0.717, 1.165) is 56.1 Å². The summed E-state index contributed by atoms with van der Waals surface area (Å²) in [5, 5.41) is 4.84. The Balaban J connectivity index is 1.51. The van der Waals surface area contributed by atoms with E-state index in [0.29, 0.717) is 18.4 Å². The molecule has 2 N–H and O–H groups in total. The van der Waals surface area contributed by atoms with Gasteiger partial charge >= 0.3 is 0 Å². The van der Waals surface area contributed by atoms with Crippen LogP contribution in [0, 0.1) is 6.92 Å². The maximum atomic E-state index is 5.86.